The Hall–Kier alpha value is -0.590. The van der Waals surface area contributed by atoms with E-state index in [1.54, 1.807) is 5.57 Å². The molecule has 0 N–H and O–H groups in total. The fraction of sp³-hybridized carbons (Fsp3) is 0.750. The predicted octanol–water partition coefficient (Wildman–Crippen LogP) is 3.10. The van der Waals surface area contributed by atoms with Crippen molar-refractivity contribution in [3.63, 3.8) is 0 Å². The number of ketones is 1. The van der Waals surface area contributed by atoms with E-state index in [0.29, 0.717) is 17.6 Å². The van der Waals surface area contributed by atoms with Crippen LogP contribution >= 0.6 is 0 Å². The van der Waals surface area contributed by atoms with Crippen LogP contribution in [0.1, 0.15) is 46.0 Å². The molecular weight excluding hydrogens is 160 g/mol. The average molecular weight is 178 g/mol. The first-order valence-electron chi connectivity index (χ1n) is 5.32. The van der Waals surface area contributed by atoms with Gasteiger partial charge in [-0.2, -0.15) is 0 Å². The van der Waals surface area contributed by atoms with Crippen LogP contribution in [0.2, 0.25) is 0 Å². The predicted molar refractivity (Wildman–Crippen MR) is 53.4 cm³/mol. The summed E-state index contributed by atoms with van der Waals surface area (Å²) in [6.07, 6.45) is 5.41. The molecule has 2 bridgehead atoms. The van der Waals surface area contributed by atoms with E-state index in [0.717, 1.165) is 12.8 Å². The maximum atomic E-state index is 11.3. The van der Waals surface area contributed by atoms with E-state index in [1.165, 1.54) is 24.8 Å². The smallest absolute Gasteiger partial charge is 0.133 e. The molecule has 2 atom stereocenters. The van der Waals surface area contributed by atoms with Crippen LogP contribution in [0.5, 0.6) is 0 Å². The van der Waals surface area contributed by atoms with E-state index in [9.17, 15) is 4.79 Å². The van der Waals surface area contributed by atoms with Crippen molar-refractivity contribution in [1.29, 1.82) is 0 Å². The lowest BCUT2D eigenvalue weighted by atomic mass is 9.69. The molecule has 0 spiro atoms. The van der Waals surface area contributed by atoms with E-state index >= 15 is 0 Å². The molecule has 0 saturated heterocycles. The minimum Gasteiger partial charge on any atom is -0.300 e. The van der Waals surface area contributed by atoms with Gasteiger partial charge < -0.3 is 0 Å². The van der Waals surface area contributed by atoms with Crippen molar-refractivity contribution in [3.8, 4) is 0 Å². The maximum Gasteiger partial charge on any atom is 0.133 e. The van der Waals surface area contributed by atoms with Gasteiger partial charge >= 0.3 is 0 Å². The molecule has 2 saturated carbocycles. The molecule has 72 valence electrons. The molecule has 0 aromatic carbocycles. The second-order valence-corrected chi connectivity index (χ2v) is 4.93. The maximum absolute atomic E-state index is 11.3. The molecule has 1 nitrogen and oxygen atoms in total. The monoisotopic (exact) mass is 178 g/mol. The summed E-state index contributed by atoms with van der Waals surface area (Å²) >= 11 is 0. The first-order chi connectivity index (χ1) is 6.15. The Morgan fingerprint density at radius 1 is 1.08 bits per heavy atom. The Bertz CT molecular complexity index is 240. The summed E-state index contributed by atoms with van der Waals surface area (Å²) in [5, 5.41) is 0. The van der Waals surface area contributed by atoms with Gasteiger partial charge in [0, 0.05) is 12.8 Å². The summed E-state index contributed by atoms with van der Waals surface area (Å²) < 4.78 is 0. The Morgan fingerprint density at radius 3 is 2.08 bits per heavy atom. The molecule has 2 rings (SSSR count). The summed E-state index contributed by atoms with van der Waals surface area (Å²) in [6, 6.07) is 0. The quantitative estimate of drug-likeness (QED) is 0.521. The molecule has 2 fully saturated rings. The number of carbonyl (C=O) groups excluding carboxylic acids is 1. The first kappa shape index (κ1) is 8.98. The van der Waals surface area contributed by atoms with Crippen molar-refractivity contribution < 1.29 is 4.79 Å². The molecule has 0 aliphatic heterocycles. The average Bonchev–Trinajstić information content (AvgIpc) is 2.01. The number of Topliss-reactive ketones (excluding diaryl/α,β-unsaturated/α-hetero) is 1. The fourth-order valence-electron chi connectivity index (χ4n) is 2.86. The molecule has 0 radical (unpaired) electrons. The number of hydrogen-bond acceptors (Lipinski definition) is 1. The van der Waals surface area contributed by atoms with Gasteiger partial charge in [-0.1, -0.05) is 11.1 Å². The molecule has 0 aromatic rings. The number of fused-ring (bicyclic) bond motifs is 2. The van der Waals surface area contributed by atoms with Gasteiger partial charge in [-0.3, -0.25) is 4.79 Å². The van der Waals surface area contributed by atoms with Crippen LogP contribution in [0.4, 0.5) is 0 Å². The van der Waals surface area contributed by atoms with E-state index in [-0.39, 0.29) is 0 Å². The Labute approximate surface area is 80.2 Å². The first-order valence-corrected chi connectivity index (χ1v) is 5.32. The molecule has 13 heavy (non-hydrogen) atoms. The summed E-state index contributed by atoms with van der Waals surface area (Å²) in [4.78, 5) is 11.3. The van der Waals surface area contributed by atoms with Crippen LogP contribution in [0.3, 0.4) is 0 Å². The largest absolute Gasteiger partial charge is 0.300 e. The highest BCUT2D eigenvalue weighted by Gasteiger charge is 2.32. The lowest BCUT2D eigenvalue weighted by molar-refractivity contribution is -0.123. The molecule has 0 amide bonds. The number of carbonyl (C=O) groups is 1. The van der Waals surface area contributed by atoms with Gasteiger partial charge in [0.05, 0.1) is 0 Å². The van der Waals surface area contributed by atoms with Crippen molar-refractivity contribution in [3.05, 3.63) is 11.1 Å². The van der Waals surface area contributed by atoms with E-state index in [2.05, 4.69) is 13.8 Å². The van der Waals surface area contributed by atoms with Gasteiger partial charge in [0.1, 0.15) is 5.78 Å². The highest BCUT2D eigenvalue weighted by molar-refractivity contribution is 5.80. The summed E-state index contributed by atoms with van der Waals surface area (Å²) in [5.41, 5.74) is 3.12. The fourth-order valence-corrected chi connectivity index (χ4v) is 2.86. The van der Waals surface area contributed by atoms with Crippen molar-refractivity contribution in [2.75, 3.05) is 0 Å². The van der Waals surface area contributed by atoms with Crippen molar-refractivity contribution in [2.45, 2.75) is 46.0 Å². The SMILES string of the molecule is CC(C)=C1CC2CC(=O)CC(C1)C2. The minimum atomic E-state index is 0.508. The highest BCUT2D eigenvalue weighted by Crippen LogP contribution is 2.41. The van der Waals surface area contributed by atoms with Crippen LogP contribution in [0, 0.1) is 11.8 Å². The molecule has 2 unspecified atom stereocenters. The Balaban J connectivity index is 2.14. The zero-order valence-electron chi connectivity index (χ0n) is 8.60. The van der Waals surface area contributed by atoms with Crippen molar-refractivity contribution >= 4 is 5.78 Å². The second-order valence-electron chi connectivity index (χ2n) is 4.93. The molecule has 1 heteroatoms. The van der Waals surface area contributed by atoms with E-state index in [1.807, 2.05) is 0 Å². The van der Waals surface area contributed by atoms with Gasteiger partial charge in [0.25, 0.3) is 0 Å². The third kappa shape index (κ3) is 1.84. The van der Waals surface area contributed by atoms with Gasteiger partial charge in [0.15, 0.2) is 0 Å². The lowest BCUT2D eigenvalue weighted by Crippen LogP contribution is -2.28. The van der Waals surface area contributed by atoms with E-state index in [4.69, 9.17) is 0 Å². The molecule has 2 aliphatic carbocycles. The number of rotatable bonds is 0. The van der Waals surface area contributed by atoms with Gasteiger partial charge in [-0.25, -0.2) is 0 Å². The van der Waals surface area contributed by atoms with Gasteiger partial charge in [-0.05, 0) is 44.9 Å². The molecular formula is C12H18O. The van der Waals surface area contributed by atoms with Crippen molar-refractivity contribution in [1.82, 2.24) is 0 Å². The number of allylic oxidation sites excluding steroid dienone is 2. The van der Waals surface area contributed by atoms with Crippen LogP contribution in [-0.2, 0) is 4.79 Å². The number of hydrogen-bond donors (Lipinski definition) is 0. The summed E-state index contributed by atoms with van der Waals surface area (Å²) in [5.74, 6) is 1.88. The van der Waals surface area contributed by atoms with Crippen LogP contribution in [0.15, 0.2) is 11.1 Å². The van der Waals surface area contributed by atoms with Crippen LogP contribution in [-0.4, -0.2) is 5.78 Å². The second kappa shape index (κ2) is 3.28. The zero-order valence-corrected chi connectivity index (χ0v) is 8.60. The third-order valence-electron chi connectivity index (χ3n) is 3.48. The third-order valence-corrected chi connectivity index (χ3v) is 3.48. The zero-order chi connectivity index (χ0) is 9.42. The normalized spacial score (nSPS) is 33.4. The van der Waals surface area contributed by atoms with Crippen LogP contribution in [0.25, 0.3) is 0 Å². The minimum absolute atomic E-state index is 0.508. The van der Waals surface area contributed by atoms with Gasteiger partial charge in [0.2, 0.25) is 0 Å². The van der Waals surface area contributed by atoms with Crippen LogP contribution < -0.4 is 0 Å². The van der Waals surface area contributed by atoms with E-state index < -0.39 is 0 Å². The highest BCUT2D eigenvalue weighted by atomic mass is 16.1. The summed E-state index contributed by atoms with van der Waals surface area (Å²) in [6.45, 7) is 4.41. The standard InChI is InChI=1S/C12H18O/c1-8(2)11-4-9-3-10(5-11)7-12(13)6-9/h9-10H,3-7H2,1-2H3. The molecule has 0 aromatic heterocycles. The lowest BCUT2D eigenvalue weighted by Gasteiger charge is -2.35. The van der Waals surface area contributed by atoms with Crippen molar-refractivity contribution in [2.24, 2.45) is 11.8 Å². The Kier molecular flexibility index (Phi) is 2.27. The topological polar surface area (TPSA) is 17.1 Å². The Morgan fingerprint density at radius 2 is 1.62 bits per heavy atom. The summed E-state index contributed by atoms with van der Waals surface area (Å²) in [7, 11) is 0. The van der Waals surface area contributed by atoms with Gasteiger partial charge in [-0.15, -0.1) is 0 Å². The molecule has 0 heterocycles. The molecule has 2 aliphatic rings.